The number of amides is 1. The molecule has 10 heteroatoms. The number of carbonyl (C=O) groups excluding carboxylic acids is 1. The predicted molar refractivity (Wildman–Crippen MR) is 161 cm³/mol. The summed E-state index contributed by atoms with van der Waals surface area (Å²) in [5, 5.41) is 11.2. The van der Waals surface area contributed by atoms with Crippen LogP contribution in [0.2, 0.25) is 0 Å². The summed E-state index contributed by atoms with van der Waals surface area (Å²) in [7, 11) is 3.92. The molecule has 1 atom stereocenters. The van der Waals surface area contributed by atoms with E-state index in [2.05, 4.69) is 44.5 Å². The molecule has 4 aliphatic rings. The minimum Gasteiger partial charge on any atom is -0.381 e. The van der Waals surface area contributed by atoms with Gasteiger partial charge in [-0.1, -0.05) is 6.07 Å². The van der Waals surface area contributed by atoms with Crippen LogP contribution in [-0.4, -0.2) is 66.6 Å². The minimum absolute atomic E-state index is 0.0412. The van der Waals surface area contributed by atoms with Gasteiger partial charge in [0.2, 0.25) is 5.91 Å². The van der Waals surface area contributed by atoms with Crippen molar-refractivity contribution >= 4 is 27.8 Å². The average molecular weight is 578 g/mol. The lowest BCUT2D eigenvalue weighted by Gasteiger charge is -2.57. The van der Waals surface area contributed by atoms with Crippen LogP contribution in [0, 0.1) is 11.3 Å². The molecule has 4 aromatic heterocycles. The number of carbonyl (C=O) groups is 1. The van der Waals surface area contributed by atoms with E-state index < -0.39 is 0 Å². The Labute approximate surface area is 249 Å². The van der Waals surface area contributed by atoms with E-state index in [4.69, 9.17) is 14.5 Å². The smallest absolute Gasteiger partial charge is 0.228 e. The van der Waals surface area contributed by atoms with Crippen LogP contribution >= 0.6 is 0 Å². The van der Waals surface area contributed by atoms with Gasteiger partial charge in [-0.25, -0.2) is 4.98 Å². The Balaban J connectivity index is 1.12. The highest BCUT2D eigenvalue weighted by atomic mass is 16.5. The number of hydrogen-bond acceptors (Lipinski definition) is 6. The van der Waals surface area contributed by atoms with Crippen LogP contribution < -0.4 is 0 Å². The molecule has 5 aromatic rings. The summed E-state index contributed by atoms with van der Waals surface area (Å²) in [5.74, 6) is 0.321. The second-order valence-electron chi connectivity index (χ2n) is 13.2. The Kier molecular flexibility index (Phi) is 5.33. The molecule has 1 N–H and O–H groups in total. The monoisotopic (exact) mass is 577 g/mol. The van der Waals surface area contributed by atoms with Gasteiger partial charge in [0.15, 0.2) is 0 Å². The van der Waals surface area contributed by atoms with Crippen molar-refractivity contribution in [3.05, 3.63) is 54.1 Å². The van der Waals surface area contributed by atoms with Crippen LogP contribution in [0.1, 0.15) is 43.2 Å². The fourth-order valence-corrected chi connectivity index (χ4v) is 8.47. The van der Waals surface area contributed by atoms with Gasteiger partial charge in [0.05, 0.1) is 48.3 Å². The maximum atomic E-state index is 13.1. The Bertz CT molecular complexity index is 1910. The topological polar surface area (TPSA) is 103 Å². The fourth-order valence-electron chi connectivity index (χ4n) is 8.47. The number of benzene rings is 1. The molecule has 9 rings (SSSR count). The van der Waals surface area contributed by atoms with Crippen LogP contribution in [0.15, 0.2) is 43.0 Å². The molecule has 43 heavy (non-hydrogen) atoms. The van der Waals surface area contributed by atoms with Crippen molar-refractivity contribution in [2.24, 2.45) is 25.4 Å². The van der Waals surface area contributed by atoms with Gasteiger partial charge in [0.1, 0.15) is 5.65 Å². The number of nitrogens with one attached hydrogen (secondary N) is 1. The SMILES string of the molecule is Cn1cc(-c2[nH]c3ncc4c(c3c2-c2ccc3c(cnn3C)c2)C2(CC3(CCN(C(=O)C5CCOC5)CC3)C2)OC4)cn1. The molecule has 3 aliphatic heterocycles. The first kappa shape index (κ1) is 25.5. The number of aromatic nitrogens is 6. The maximum Gasteiger partial charge on any atom is 0.228 e. The lowest BCUT2D eigenvalue weighted by atomic mass is 9.53. The van der Waals surface area contributed by atoms with Crippen LogP contribution in [0.3, 0.4) is 0 Å². The van der Waals surface area contributed by atoms with Crippen LogP contribution in [-0.2, 0) is 40.6 Å². The molecule has 1 amide bonds. The van der Waals surface area contributed by atoms with Crippen LogP contribution in [0.25, 0.3) is 44.3 Å². The number of H-pyrrole nitrogens is 1. The van der Waals surface area contributed by atoms with Gasteiger partial charge in [-0.3, -0.25) is 14.2 Å². The third kappa shape index (κ3) is 3.72. The van der Waals surface area contributed by atoms with E-state index in [1.807, 2.05) is 42.0 Å². The number of aryl methyl sites for hydroxylation is 2. The summed E-state index contributed by atoms with van der Waals surface area (Å²) in [4.78, 5) is 23.7. The molecule has 2 spiro atoms. The maximum absolute atomic E-state index is 13.1. The predicted octanol–water partition coefficient (Wildman–Crippen LogP) is 4.68. The molecule has 1 aliphatic carbocycles. The van der Waals surface area contributed by atoms with Crippen LogP contribution in [0.5, 0.6) is 0 Å². The van der Waals surface area contributed by atoms with E-state index in [0.717, 1.165) is 89.5 Å². The van der Waals surface area contributed by atoms with E-state index >= 15 is 0 Å². The molecule has 7 heterocycles. The molecule has 220 valence electrons. The standard InChI is InChI=1S/C33H35N7O3/c1-38-15-23(14-35-38)29-26(20-3-4-25-22(11-20)13-36-39(25)2)27-28-24(12-34-30(27)37-29)17-43-33(28)18-32(19-33)6-8-40(9-7-32)31(41)21-5-10-42-16-21/h3-4,11-15,21H,5-10,16-19H2,1-2H3,(H,34,37). The number of aromatic amines is 1. The number of hydrogen-bond donors (Lipinski definition) is 1. The highest BCUT2D eigenvalue weighted by Gasteiger charge is 2.60. The molecule has 0 bridgehead atoms. The van der Waals surface area contributed by atoms with Gasteiger partial charge in [0.25, 0.3) is 0 Å². The molecule has 1 aromatic carbocycles. The van der Waals surface area contributed by atoms with Crippen molar-refractivity contribution < 1.29 is 14.3 Å². The average Bonchev–Trinajstić information content (AvgIpc) is 3.83. The molecule has 1 saturated carbocycles. The molecule has 3 fully saturated rings. The quantitative estimate of drug-likeness (QED) is 0.334. The molecule has 2 saturated heterocycles. The Morgan fingerprint density at radius 1 is 1.07 bits per heavy atom. The molecule has 0 radical (unpaired) electrons. The lowest BCUT2D eigenvalue weighted by molar-refractivity contribution is -0.184. The van der Waals surface area contributed by atoms with E-state index in [1.165, 1.54) is 11.1 Å². The summed E-state index contributed by atoms with van der Waals surface area (Å²) < 4.78 is 16.0. The Morgan fingerprint density at radius 3 is 2.70 bits per heavy atom. The van der Waals surface area contributed by atoms with Crippen molar-refractivity contribution in [1.82, 2.24) is 34.4 Å². The normalized spacial score (nSPS) is 22.2. The number of rotatable bonds is 3. The Hall–Kier alpha value is -4.02. The van der Waals surface area contributed by atoms with E-state index in [9.17, 15) is 4.79 Å². The van der Waals surface area contributed by atoms with Crippen LogP contribution in [0.4, 0.5) is 0 Å². The van der Waals surface area contributed by atoms with Gasteiger partial charge in [-0.15, -0.1) is 0 Å². The van der Waals surface area contributed by atoms with Crippen molar-refractivity contribution in [2.45, 2.75) is 44.3 Å². The molecular formula is C33H35N7O3. The first-order valence-corrected chi connectivity index (χ1v) is 15.4. The summed E-state index contributed by atoms with van der Waals surface area (Å²) in [6.07, 6.45) is 12.8. The number of piperidine rings is 1. The van der Waals surface area contributed by atoms with Gasteiger partial charge >= 0.3 is 0 Å². The van der Waals surface area contributed by atoms with Gasteiger partial charge in [-0.2, -0.15) is 10.2 Å². The zero-order valence-electron chi connectivity index (χ0n) is 24.6. The molecular weight excluding hydrogens is 542 g/mol. The number of pyridine rings is 1. The highest BCUT2D eigenvalue weighted by molar-refractivity contribution is 6.06. The highest BCUT2D eigenvalue weighted by Crippen LogP contribution is 2.65. The summed E-state index contributed by atoms with van der Waals surface area (Å²) in [6, 6.07) is 6.58. The van der Waals surface area contributed by atoms with E-state index in [1.54, 1.807) is 0 Å². The second kappa shape index (κ2) is 9.00. The lowest BCUT2D eigenvalue weighted by Crippen LogP contribution is -2.55. The van der Waals surface area contributed by atoms with Gasteiger partial charge < -0.3 is 19.4 Å². The minimum atomic E-state index is -0.330. The van der Waals surface area contributed by atoms with E-state index in [0.29, 0.717) is 19.8 Å². The number of likely N-dealkylation sites (tertiary alicyclic amines) is 1. The second-order valence-corrected chi connectivity index (χ2v) is 13.2. The zero-order valence-corrected chi connectivity index (χ0v) is 24.6. The first-order valence-electron chi connectivity index (χ1n) is 15.4. The number of nitrogens with zero attached hydrogens (tertiary/aromatic N) is 6. The fraction of sp³-hybridized carbons (Fsp3) is 0.455. The number of ether oxygens (including phenoxy) is 2. The number of fused-ring (bicyclic) bond motifs is 5. The summed E-state index contributed by atoms with van der Waals surface area (Å²) >= 11 is 0. The summed E-state index contributed by atoms with van der Waals surface area (Å²) in [6.45, 7) is 3.52. The summed E-state index contributed by atoms with van der Waals surface area (Å²) in [5.41, 5.74) is 8.63. The molecule has 1 unspecified atom stereocenters. The molecule has 10 nitrogen and oxygen atoms in total. The van der Waals surface area contributed by atoms with Gasteiger partial charge in [-0.05, 0) is 55.2 Å². The van der Waals surface area contributed by atoms with E-state index in [-0.39, 0.29) is 22.8 Å². The van der Waals surface area contributed by atoms with Crippen molar-refractivity contribution in [3.8, 4) is 22.4 Å². The van der Waals surface area contributed by atoms with Gasteiger partial charge in [0, 0.05) is 79.2 Å². The van der Waals surface area contributed by atoms with Crippen molar-refractivity contribution in [2.75, 3.05) is 26.3 Å². The third-order valence-corrected chi connectivity index (χ3v) is 10.6. The zero-order chi connectivity index (χ0) is 28.9. The third-order valence-electron chi connectivity index (χ3n) is 10.6. The first-order chi connectivity index (χ1) is 20.9. The largest absolute Gasteiger partial charge is 0.381 e. The van der Waals surface area contributed by atoms with Crippen molar-refractivity contribution in [3.63, 3.8) is 0 Å². The van der Waals surface area contributed by atoms with Crippen molar-refractivity contribution in [1.29, 1.82) is 0 Å². The Morgan fingerprint density at radius 2 is 1.93 bits per heavy atom.